The molecule has 0 aromatic heterocycles. The highest BCUT2D eigenvalue weighted by atomic mass is 16.7. The minimum absolute atomic E-state index is 0.0781. The third-order valence-corrected chi connectivity index (χ3v) is 4.70. The first-order valence-corrected chi connectivity index (χ1v) is 10.1. The van der Waals surface area contributed by atoms with Gasteiger partial charge in [0.15, 0.2) is 17.6 Å². The maximum absolute atomic E-state index is 12.7. The predicted octanol–water partition coefficient (Wildman–Crippen LogP) is 5.35. The molecular formula is C25H24O6. The molecule has 1 unspecified atom stereocenters. The van der Waals surface area contributed by atoms with Crippen LogP contribution in [0.1, 0.15) is 19.4 Å². The quantitative estimate of drug-likeness (QED) is 0.458. The maximum Gasteiger partial charge on any atom is 0.347 e. The molecule has 0 N–H and O–H groups in total. The van der Waals surface area contributed by atoms with Gasteiger partial charge in [0.1, 0.15) is 23.9 Å². The fourth-order valence-corrected chi connectivity index (χ4v) is 3.11. The van der Waals surface area contributed by atoms with Crippen LogP contribution in [-0.4, -0.2) is 18.9 Å². The Bertz CT molecular complexity index is 1030. The summed E-state index contributed by atoms with van der Waals surface area (Å²) in [5, 5.41) is 0. The highest BCUT2D eigenvalue weighted by molar-refractivity contribution is 5.75. The minimum atomic E-state index is -0.746. The van der Waals surface area contributed by atoms with Crippen molar-refractivity contribution in [2.24, 2.45) is 5.92 Å². The highest BCUT2D eigenvalue weighted by Gasteiger charge is 2.27. The van der Waals surface area contributed by atoms with Crippen molar-refractivity contribution in [2.45, 2.75) is 26.6 Å². The third kappa shape index (κ3) is 5.28. The molecule has 3 aromatic carbocycles. The number of rotatable bonds is 8. The van der Waals surface area contributed by atoms with Gasteiger partial charge in [-0.25, -0.2) is 4.79 Å². The number of para-hydroxylation sites is 1. The molecule has 31 heavy (non-hydrogen) atoms. The van der Waals surface area contributed by atoms with Crippen LogP contribution in [0.2, 0.25) is 0 Å². The molecule has 1 heterocycles. The lowest BCUT2D eigenvalue weighted by molar-refractivity contribution is -0.155. The smallest absolute Gasteiger partial charge is 0.347 e. The van der Waals surface area contributed by atoms with Crippen LogP contribution in [0.15, 0.2) is 72.8 Å². The van der Waals surface area contributed by atoms with E-state index < -0.39 is 12.1 Å². The molecule has 0 fully saturated rings. The van der Waals surface area contributed by atoms with Crippen LogP contribution in [0.3, 0.4) is 0 Å². The van der Waals surface area contributed by atoms with E-state index in [1.165, 1.54) is 0 Å². The van der Waals surface area contributed by atoms with Crippen LogP contribution < -0.4 is 18.9 Å². The van der Waals surface area contributed by atoms with Crippen LogP contribution in [0.4, 0.5) is 0 Å². The van der Waals surface area contributed by atoms with Gasteiger partial charge in [0.05, 0.1) is 0 Å². The van der Waals surface area contributed by atoms with Crippen LogP contribution >= 0.6 is 0 Å². The van der Waals surface area contributed by atoms with Gasteiger partial charge < -0.3 is 23.7 Å². The van der Waals surface area contributed by atoms with Crippen molar-refractivity contribution in [3.05, 3.63) is 78.4 Å². The lowest BCUT2D eigenvalue weighted by Gasteiger charge is -2.21. The van der Waals surface area contributed by atoms with Crippen LogP contribution in [0.5, 0.6) is 28.7 Å². The molecule has 0 saturated carbocycles. The number of carbonyl (C=O) groups excluding carboxylic acids is 1. The predicted molar refractivity (Wildman–Crippen MR) is 115 cm³/mol. The van der Waals surface area contributed by atoms with Crippen LogP contribution in [-0.2, 0) is 16.1 Å². The molecular weight excluding hydrogens is 396 g/mol. The van der Waals surface area contributed by atoms with Crippen molar-refractivity contribution in [1.82, 2.24) is 0 Å². The zero-order valence-corrected chi connectivity index (χ0v) is 17.4. The zero-order valence-electron chi connectivity index (χ0n) is 17.4. The van der Waals surface area contributed by atoms with E-state index in [1.807, 2.05) is 68.4 Å². The Balaban J connectivity index is 1.37. The van der Waals surface area contributed by atoms with Crippen LogP contribution in [0.25, 0.3) is 0 Å². The molecule has 0 saturated heterocycles. The van der Waals surface area contributed by atoms with Gasteiger partial charge in [0.25, 0.3) is 0 Å². The number of hydrogen-bond donors (Lipinski definition) is 0. The first kappa shape index (κ1) is 20.6. The second kappa shape index (κ2) is 9.43. The van der Waals surface area contributed by atoms with E-state index in [9.17, 15) is 4.79 Å². The molecule has 6 nitrogen and oxygen atoms in total. The Labute approximate surface area is 181 Å². The first-order valence-electron chi connectivity index (χ1n) is 10.1. The summed E-state index contributed by atoms with van der Waals surface area (Å²) in [5.74, 6) is 2.70. The molecule has 6 heteroatoms. The molecule has 1 atom stereocenters. The van der Waals surface area contributed by atoms with E-state index in [1.54, 1.807) is 18.2 Å². The molecule has 3 aromatic rings. The Hall–Kier alpha value is -3.67. The summed E-state index contributed by atoms with van der Waals surface area (Å²) in [6.45, 7) is 4.13. The lowest BCUT2D eigenvalue weighted by atomic mass is 10.1. The summed E-state index contributed by atoms with van der Waals surface area (Å²) in [6.07, 6.45) is -0.746. The Kier molecular flexibility index (Phi) is 6.26. The van der Waals surface area contributed by atoms with Gasteiger partial charge in [-0.2, -0.15) is 0 Å². The second-order valence-corrected chi connectivity index (χ2v) is 7.47. The normalized spacial score (nSPS) is 13.0. The standard InChI is InChI=1S/C25H24O6/c1-17(2)24(31-21-11-12-22-23(14-21)29-16-28-22)25(26)27-15-18-7-6-10-20(13-18)30-19-8-4-3-5-9-19/h3-14,17,24H,15-16H2,1-2H3. The topological polar surface area (TPSA) is 63.2 Å². The molecule has 0 radical (unpaired) electrons. The second-order valence-electron chi connectivity index (χ2n) is 7.47. The largest absolute Gasteiger partial charge is 0.478 e. The fraction of sp³-hybridized carbons (Fsp3) is 0.240. The Morgan fingerprint density at radius 3 is 2.45 bits per heavy atom. The van der Waals surface area contributed by atoms with Crippen LogP contribution in [0, 0.1) is 5.92 Å². The number of carbonyl (C=O) groups is 1. The van der Waals surface area contributed by atoms with E-state index in [0.29, 0.717) is 23.0 Å². The summed E-state index contributed by atoms with van der Waals surface area (Å²) >= 11 is 0. The SMILES string of the molecule is CC(C)C(Oc1ccc2c(c1)OCO2)C(=O)OCc1cccc(Oc2ccccc2)c1. The summed E-state index contributed by atoms with van der Waals surface area (Å²) in [4.78, 5) is 12.7. The molecule has 1 aliphatic heterocycles. The van der Waals surface area contributed by atoms with Crippen molar-refractivity contribution in [1.29, 1.82) is 0 Å². The minimum Gasteiger partial charge on any atom is -0.478 e. The van der Waals surface area contributed by atoms with Gasteiger partial charge in [-0.3, -0.25) is 0 Å². The zero-order chi connectivity index (χ0) is 21.6. The van der Waals surface area contributed by atoms with E-state index >= 15 is 0 Å². The van der Waals surface area contributed by atoms with Gasteiger partial charge in [0, 0.05) is 12.0 Å². The summed E-state index contributed by atoms with van der Waals surface area (Å²) < 4.78 is 28.0. The first-order chi connectivity index (χ1) is 15.1. The average Bonchev–Trinajstić information content (AvgIpc) is 3.24. The number of esters is 1. The van der Waals surface area contributed by atoms with Crippen molar-refractivity contribution in [2.75, 3.05) is 6.79 Å². The van der Waals surface area contributed by atoms with Crippen molar-refractivity contribution in [3.8, 4) is 28.7 Å². The molecule has 0 amide bonds. The van der Waals surface area contributed by atoms with Crippen molar-refractivity contribution in [3.63, 3.8) is 0 Å². The molecule has 1 aliphatic rings. The van der Waals surface area contributed by atoms with E-state index in [-0.39, 0.29) is 19.3 Å². The highest BCUT2D eigenvalue weighted by Crippen LogP contribution is 2.35. The number of fused-ring (bicyclic) bond motifs is 1. The number of hydrogen-bond acceptors (Lipinski definition) is 6. The Morgan fingerprint density at radius 1 is 0.871 bits per heavy atom. The monoisotopic (exact) mass is 420 g/mol. The van der Waals surface area contributed by atoms with Gasteiger partial charge in [-0.1, -0.05) is 44.2 Å². The molecule has 0 spiro atoms. The Morgan fingerprint density at radius 2 is 1.65 bits per heavy atom. The average molecular weight is 420 g/mol. The summed E-state index contributed by atoms with van der Waals surface area (Å²) in [6, 6.07) is 22.2. The molecule has 0 aliphatic carbocycles. The van der Waals surface area contributed by atoms with E-state index in [2.05, 4.69) is 0 Å². The maximum atomic E-state index is 12.7. The molecule has 0 bridgehead atoms. The number of benzene rings is 3. The molecule has 160 valence electrons. The van der Waals surface area contributed by atoms with Crippen molar-refractivity contribution < 1.29 is 28.5 Å². The number of ether oxygens (including phenoxy) is 5. The third-order valence-electron chi connectivity index (χ3n) is 4.70. The van der Waals surface area contributed by atoms with Gasteiger partial charge in [-0.05, 0) is 42.0 Å². The van der Waals surface area contributed by atoms with Gasteiger partial charge >= 0.3 is 5.97 Å². The fourth-order valence-electron chi connectivity index (χ4n) is 3.11. The van der Waals surface area contributed by atoms with Crippen molar-refractivity contribution >= 4 is 5.97 Å². The van der Waals surface area contributed by atoms with E-state index in [4.69, 9.17) is 23.7 Å². The van der Waals surface area contributed by atoms with E-state index in [0.717, 1.165) is 11.3 Å². The summed E-state index contributed by atoms with van der Waals surface area (Å²) in [5.41, 5.74) is 0.826. The summed E-state index contributed by atoms with van der Waals surface area (Å²) in [7, 11) is 0. The van der Waals surface area contributed by atoms with Gasteiger partial charge in [0.2, 0.25) is 6.79 Å². The lowest BCUT2D eigenvalue weighted by Crippen LogP contribution is -2.34. The molecule has 4 rings (SSSR count). The van der Waals surface area contributed by atoms with Gasteiger partial charge in [-0.15, -0.1) is 0 Å².